The van der Waals surface area contributed by atoms with Crippen LogP contribution in [0.15, 0.2) is 11.2 Å². The summed E-state index contributed by atoms with van der Waals surface area (Å²) in [7, 11) is 0. The number of thioether (sulfide) groups is 1. The Morgan fingerprint density at radius 3 is 2.68 bits per heavy atom. The summed E-state index contributed by atoms with van der Waals surface area (Å²) in [5, 5.41) is 7.40. The first-order chi connectivity index (χ1) is 9.02. The van der Waals surface area contributed by atoms with Crippen molar-refractivity contribution in [3.05, 3.63) is 28.8 Å². The maximum atomic E-state index is 12.2. The van der Waals surface area contributed by atoms with Gasteiger partial charge < -0.3 is 4.57 Å². The second-order valence-corrected chi connectivity index (χ2v) is 5.39. The van der Waals surface area contributed by atoms with E-state index in [1.54, 1.807) is 0 Å². The van der Waals surface area contributed by atoms with Gasteiger partial charge in [0.05, 0.1) is 5.75 Å². The van der Waals surface area contributed by atoms with E-state index in [1.807, 2.05) is 26.8 Å². The fraction of sp³-hybridized carbons (Fsp3) is 0.462. The lowest BCUT2D eigenvalue weighted by Gasteiger charge is -2.05. The van der Waals surface area contributed by atoms with Gasteiger partial charge >= 0.3 is 0 Å². The molecule has 0 radical (unpaired) electrons. The number of carbonyl (C=O) groups is 1. The van der Waals surface area contributed by atoms with Crippen molar-refractivity contribution in [1.82, 2.24) is 19.7 Å². The van der Waals surface area contributed by atoms with E-state index in [0.717, 1.165) is 29.3 Å². The maximum absolute atomic E-state index is 12.2. The van der Waals surface area contributed by atoms with Gasteiger partial charge in [0, 0.05) is 23.5 Å². The Kier molecular flexibility index (Phi) is 4.09. The molecule has 2 heterocycles. The van der Waals surface area contributed by atoms with Gasteiger partial charge in [-0.2, -0.15) is 0 Å². The van der Waals surface area contributed by atoms with Crippen molar-refractivity contribution in [1.29, 1.82) is 0 Å². The minimum atomic E-state index is 0.125. The maximum Gasteiger partial charge on any atom is 0.208 e. The van der Waals surface area contributed by atoms with Crippen LogP contribution in [-0.4, -0.2) is 31.3 Å². The highest BCUT2D eigenvalue weighted by atomic mass is 32.2. The average Bonchev–Trinajstić information content (AvgIpc) is 2.90. The minimum Gasteiger partial charge on any atom is -0.349 e. The molecule has 0 aliphatic heterocycles. The van der Waals surface area contributed by atoms with E-state index in [9.17, 15) is 4.79 Å². The molecule has 102 valence electrons. The highest BCUT2D eigenvalue weighted by molar-refractivity contribution is 7.99. The Morgan fingerprint density at radius 1 is 1.42 bits per heavy atom. The Balaban J connectivity index is 2.08. The molecular formula is C13H18N4OS. The van der Waals surface area contributed by atoms with Crippen LogP contribution in [-0.2, 0) is 6.54 Å². The van der Waals surface area contributed by atoms with Gasteiger partial charge in [0.25, 0.3) is 0 Å². The number of H-pyrrole nitrogens is 1. The molecule has 0 aliphatic carbocycles. The number of hydrogen-bond acceptors (Lipinski definition) is 4. The summed E-state index contributed by atoms with van der Waals surface area (Å²) in [5.41, 5.74) is 2.97. The molecule has 2 rings (SSSR count). The first-order valence-electron chi connectivity index (χ1n) is 6.24. The van der Waals surface area contributed by atoms with Crippen molar-refractivity contribution in [2.45, 2.75) is 39.4 Å². The van der Waals surface area contributed by atoms with Crippen LogP contribution in [0.4, 0.5) is 0 Å². The normalized spacial score (nSPS) is 10.9. The van der Waals surface area contributed by atoms with Gasteiger partial charge in [-0.3, -0.25) is 9.89 Å². The number of ketones is 1. The number of aryl methyl sites for hydroxylation is 2. The number of nitrogens with one attached hydrogen (secondary N) is 1. The van der Waals surface area contributed by atoms with Crippen molar-refractivity contribution in [2.75, 3.05) is 5.75 Å². The molecule has 5 nitrogen and oxygen atoms in total. The largest absolute Gasteiger partial charge is 0.349 e. The van der Waals surface area contributed by atoms with Crippen LogP contribution >= 0.6 is 11.8 Å². The molecule has 0 aliphatic rings. The first-order valence-corrected chi connectivity index (χ1v) is 7.23. The van der Waals surface area contributed by atoms with E-state index in [4.69, 9.17) is 0 Å². The molecule has 0 amide bonds. The second kappa shape index (κ2) is 5.61. The van der Waals surface area contributed by atoms with Gasteiger partial charge in [-0.1, -0.05) is 11.8 Å². The van der Waals surface area contributed by atoms with Gasteiger partial charge in [-0.15, -0.1) is 5.10 Å². The Labute approximate surface area is 116 Å². The van der Waals surface area contributed by atoms with Gasteiger partial charge in [0.1, 0.15) is 5.82 Å². The number of rotatable bonds is 5. The molecule has 2 aromatic rings. The molecule has 0 atom stereocenters. The van der Waals surface area contributed by atoms with Crippen molar-refractivity contribution in [3.63, 3.8) is 0 Å². The quantitative estimate of drug-likeness (QED) is 0.674. The standard InChI is InChI=1S/C13H18N4OS/c1-5-17-8(2)6-11(9(17)3)12(18)7-19-13-14-10(4)15-16-13/h6H,5,7H2,1-4H3,(H,14,15,16). The summed E-state index contributed by atoms with van der Waals surface area (Å²) in [5.74, 6) is 1.25. The van der Waals surface area contributed by atoms with Gasteiger partial charge in [-0.05, 0) is 33.8 Å². The molecule has 0 aromatic carbocycles. The van der Waals surface area contributed by atoms with Gasteiger partial charge in [0.2, 0.25) is 5.16 Å². The monoisotopic (exact) mass is 278 g/mol. The van der Waals surface area contributed by atoms with Crippen LogP contribution in [0.25, 0.3) is 0 Å². The molecule has 2 aromatic heterocycles. The van der Waals surface area contributed by atoms with E-state index in [1.165, 1.54) is 11.8 Å². The molecular weight excluding hydrogens is 260 g/mol. The zero-order valence-electron chi connectivity index (χ0n) is 11.6. The van der Waals surface area contributed by atoms with Crippen LogP contribution in [0.5, 0.6) is 0 Å². The predicted octanol–water partition coefficient (Wildman–Crippen LogP) is 2.53. The van der Waals surface area contributed by atoms with Gasteiger partial charge in [0.15, 0.2) is 5.78 Å². The van der Waals surface area contributed by atoms with Crippen molar-refractivity contribution in [3.8, 4) is 0 Å². The third-order valence-electron chi connectivity index (χ3n) is 3.10. The number of nitrogens with zero attached hydrogens (tertiary/aromatic N) is 3. The number of aromatic nitrogens is 4. The lowest BCUT2D eigenvalue weighted by atomic mass is 10.2. The molecule has 0 fully saturated rings. The lowest BCUT2D eigenvalue weighted by Crippen LogP contribution is -2.06. The van der Waals surface area contributed by atoms with E-state index in [2.05, 4.69) is 26.7 Å². The zero-order valence-corrected chi connectivity index (χ0v) is 12.5. The molecule has 0 unspecified atom stereocenters. The SMILES string of the molecule is CCn1c(C)cc(C(=O)CSc2n[nH]c(C)n2)c1C. The average molecular weight is 278 g/mol. The van der Waals surface area contributed by atoms with Crippen LogP contribution in [0, 0.1) is 20.8 Å². The summed E-state index contributed by atoms with van der Waals surface area (Å²) in [6.45, 7) is 8.83. The van der Waals surface area contributed by atoms with Crippen LogP contribution in [0.1, 0.15) is 34.5 Å². The fourth-order valence-electron chi connectivity index (χ4n) is 2.16. The van der Waals surface area contributed by atoms with Crippen LogP contribution in [0.3, 0.4) is 0 Å². The predicted molar refractivity (Wildman–Crippen MR) is 75.8 cm³/mol. The van der Waals surface area contributed by atoms with E-state index < -0.39 is 0 Å². The molecule has 0 saturated carbocycles. The smallest absolute Gasteiger partial charge is 0.208 e. The molecule has 19 heavy (non-hydrogen) atoms. The van der Waals surface area contributed by atoms with Crippen molar-refractivity contribution < 1.29 is 4.79 Å². The van der Waals surface area contributed by atoms with Crippen molar-refractivity contribution in [2.24, 2.45) is 0 Å². The fourth-order valence-corrected chi connectivity index (χ4v) is 2.89. The number of aromatic amines is 1. The zero-order chi connectivity index (χ0) is 14.0. The first kappa shape index (κ1) is 13.9. The number of Topliss-reactive ketones (excluding diaryl/α,β-unsaturated/α-hetero) is 1. The molecule has 0 spiro atoms. The van der Waals surface area contributed by atoms with Crippen LogP contribution in [0.2, 0.25) is 0 Å². The molecule has 0 bridgehead atoms. The number of carbonyl (C=O) groups excluding carboxylic acids is 1. The Bertz CT molecular complexity index is 600. The molecule has 0 saturated heterocycles. The van der Waals surface area contributed by atoms with Crippen LogP contribution < -0.4 is 0 Å². The third kappa shape index (κ3) is 2.89. The van der Waals surface area contributed by atoms with E-state index in [0.29, 0.717) is 10.9 Å². The highest BCUT2D eigenvalue weighted by Crippen LogP contribution is 2.19. The Hall–Kier alpha value is -1.56. The molecule has 6 heteroatoms. The lowest BCUT2D eigenvalue weighted by molar-refractivity contribution is 0.102. The van der Waals surface area contributed by atoms with E-state index >= 15 is 0 Å². The summed E-state index contributed by atoms with van der Waals surface area (Å²) in [6, 6.07) is 1.96. The molecule has 1 N–H and O–H groups in total. The van der Waals surface area contributed by atoms with Gasteiger partial charge in [-0.25, -0.2) is 4.98 Å². The minimum absolute atomic E-state index is 0.125. The highest BCUT2D eigenvalue weighted by Gasteiger charge is 2.15. The third-order valence-corrected chi connectivity index (χ3v) is 3.95. The topological polar surface area (TPSA) is 63.6 Å². The Morgan fingerprint density at radius 2 is 2.16 bits per heavy atom. The number of hydrogen-bond donors (Lipinski definition) is 1. The van der Waals surface area contributed by atoms with Crippen molar-refractivity contribution >= 4 is 17.5 Å². The summed E-state index contributed by atoms with van der Waals surface area (Å²) < 4.78 is 2.15. The summed E-state index contributed by atoms with van der Waals surface area (Å²) in [4.78, 5) is 16.4. The summed E-state index contributed by atoms with van der Waals surface area (Å²) in [6.07, 6.45) is 0. The second-order valence-electron chi connectivity index (χ2n) is 4.44. The summed E-state index contributed by atoms with van der Waals surface area (Å²) >= 11 is 1.36. The van der Waals surface area contributed by atoms with E-state index in [-0.39, 0.29) is 5.78 Å².